The highest BCUT2D eigenvalue weighted by atomic mass is 16.5. The fourth-order valence-corrected chi connectivity index (χ4v) is 1.49. The fourth-order valence-electron chi connectivity index (χ4n) is 1.49. The number of hydrogen-bond donors (Lipinski definition) is 1. The van der Waals surface area contributed by atoms with Crippen molar-refractivity contribution < 1.29 is 9.84 Å². The van der Waals surface area contributed by atoms with E-state index in [0.717, 1.165) is 16.5 Å². The predicted molar refractivity (Wildman–Crippen MR) is 61.3 cm³/mol. The standard InChI is InChI=1S/C13H12O2/c1-2-8-15-11-6-7-12-10(9-11)4-3-5-13(12)14/h2-7,9,14H,1,8H2. The maximum absolute atomic E-state index is 9.58. The molecule has 0 heterocycles. The van der Waals surface area contributed by atoms with Gasteiger partial charge in [0.25, 0.3) is 0 Å². The minimum Gasteiger partial charge on any atom is -0.507 e. The third-order valence-corrected chi connectivity index (χ3v) is 2.20. The summed E-state index contributed by atoms with van der Waals surface area (Å²) in [6, 6.07) is 11.0. The average molecular weight is 200 g/mol. The highest BCUT2D eigenvalue weighted by Crippen LogP contribution is 2.27. The lowest BCUT2D eigenvalue weighted by Crippen LogP contribution is -1.92. The predicted octanol–water partition coefficient (Wildman–Crippen LogP) is 3.11. The molecule has 2 heteroatoms. The Labute approximate surface area is 88.4 Å². The van der Waals surface area contributed by atoms with E-state index < -0.39 is 0 Å². The van der Waals surface area contributed by atoms with Crippen LogP contribution in [0.2, 0.25) is 0 Å². The van der Waals surface area contributed by atoms with Crippen LogP contribution in [0.5, 0.6) is 11.5 Å². The first-order valence-corrected chi connectivity index (χ1v) is 4.76. The normalized spacial score (nSPS) is 10.1. The summed E-state index contributed by atoms with van der Waals surface area (Å²) in [5, 5.41) is 11.4. The Hall–Kier alpha value is -1.96. The second-order valence-electron chi connectivity index (χ2n) is 3.26. The maximum atomic E-state index is 9.58. The summed E-state index contributed by atoms with van der Waals surface area (Å²) in [5.74, 6) is 1.08. The van der Waals surface area contributed by atoms with Crippen LogP contribution in [0.15, 0.2) is 49.1 Å². The van der Waals surface area contributed by atoms with E-state index in [4.69, 9.17) is 4.74 Å². The van der Waals surface area contributed by atoms with Gasteiger partial charge in [-0.15, -0.1) is 0 Å². The Bertz CT molecular complexity index is 489. The summed E-state index contributed by atoms with van der Waals surface area (Å²) in [5.41, 5.74) is 0. The van der Waals surface area contributed by atoms with Gasteiger partial charge in [0.15, 0.2) is 0 Å². The minimum absolute atomic E-state index is 0.294. The average Bonchev–Trinajstić information content (AvgIpc) is 2.26. The van der Waals surface area contributed by atoms with Crippen LogP contribution in [0.3, 0.4) is 0 Å². The molecule has 0 saturated carbocycles. The van der Waals surface area contributed by atoms with Crippen molar-refractivity contribution in [3.8, 4) is 11.5 Å². The van der Waals surface area contributed by atoms with E-state index in [0.29, 0.717) is 12.4 Å². The smallest absolute Gasteiger partial charge is 0.123 e. The van der Waals surface area contributed by atoms with Crippen LogP contribution in [0.4, 0.5) is 0 Å². The molecule has 1 N–H and O–H groups in total. The number of fused-ring (bicyclic) bond motifs is 1. The van der Waals surface area contributed by atoms with Crippen LogP contribution in [-0.4, -0.2) is 11.7 Å². The first-order valence-electron chi connectivity index (χ1n) is 4.76. The molecule has 0 aliphatic carbocycles. The molecular weight excluding hydrogens is 188 g/mol. The zero-order chi connectivity index (χ0) is 10.7. The molecule has 2 rings (SSSR count). The lowest BCUT2D eigenvalue weighted by molar-refractivity contribution is 0.364. The Kier molecular flexibility index (Phi) is 2.59. The Morgan fingerprint density at radius 2 is 2.13 bits per heavy atom. The second kappa shape index (κ2) is 4.05. The van der Waals surface area contributed by atoms with Crippen LogP contribution in [0, 0.1) is 0 Å². The van der Waals surface area contributed by atoms with Crippen molar-refractivity contribution in [3.05, 3.63) is 49.1 Å². The van der Waals surface area contributed by atoms with Crippen molar-refractivity contribution in [3.63, 3.8) is 0 Å². The Balaban J connectivity index is 2.43. The Morgan fingerprint density at radius 1 is 1.27 bits per heavy atom. The summed E-state index contributed by atoms with van der Waals surface area (Å²) in [6.07, 6.45) is 1.70. The van der Waals surface area contributed by atoms with E-state index in [1.165, 1.54) is 0 Å². The van der Waals surface area contributed by atoms with Gasteiger partial charge in [-0.3, -0.25) is 0 Å². The summed E-state index contributed by atoms with van der Waals surface area (Å²) < 4.78 is 5.40. The number of benzene rings is 2. The molecule has 0 aliphatic rings. The van der Waals surface area contributed by atoms with Crippen molar-refractivity contribution >= 4 is 10.8 Å². The number of phenols is 1. The lowest BCUT2D eigenvalue weighted by atomic mass is 10.1. The lowest BCUT2D eigenvalue weighted by Gasteiger charge is -2.05. The fraction of sp³-hybridized carbons (Fsp3) is 0.0769. The van der Waals surface area contributed by atoms with Crippen LogP contribution in [-0.2, 0) is 0 Å². The SMILES string of the molecule is C=CCOc1ccc2c(O)cccc2c1. The van der Waals surface area contributed by atoms with Crippen molar-refractivity contribution in [2.75, 3.05) is 6.61 Å². The molecule has 0 saturated heterocycles. The second-order valence-corrected chi connectivity index (χ2v) is 3.26. The maximum Gasteiger partial charge on any atom is 0.123 e. The number of aromatic hydroxyl groups is 1. The monoisotopic (exact) mass is 200 g/mol. The molecule has 2 aromatic carbocycles. The van der Waals surface area contributed by atoms with Gasteiger partial charge in [-0.2, -0.15) is 0 Å². The molecule has 76 valence electrons. The zero-order valence-electron chi connectivity index (χ0n) is 8.31. The highest BCUT2D eigenvalue weighted by molar-refractivity contribution is 5.89. The molecule has 2 nitrogen and oxygen atoms in total. The first kappa shape index (κ1) is 9.59. The molecule has 0 bridgehead atoms. The molecule has 0 fully saturated rings. The minimum atomic E-state index is 0.294. The summed E-state index contributed by atoms with van der Waals surface area (Å²) in [7, 11) is 0. The number of rotatable bonds is 3. The van der Waals surface area contributed by atoms with Crippen LogP contribution in [0.25, 0.3) is 10.8 Å². The van der Waals surface area contributed by atoms with E-state index in [9.17, 15) is 5.11 Å². The van der Waals surface area contributed by atoms with Crippen LogP contribution in [0.1, 0.15) is 0 Å². The molecule has 0 radical (unpaired) electrons. The zero-order valence-corrected chi connectivity index (χ0v) is 8.31. The molecule has 0 spiro atoms. The first-order chi connectivity index (χ1) is 7.31. The molecule has 0 amide bonds. The molecule has 15 heavy (non-hydrogen) atoms. The van der Waals surface area contributed by atoms with Gasteiger partial charge in [-0.05, 0) is 29.7 Å². The number of ether oxygens (including phenoxy) is 1. The molecule has 0 unspecified atom stereocenters. The van der Waals surface area contributed by atoms with Crippen molar-refractivity contribution in [1.29, 1.82) is 0 Å². The van der Waals surface area contributed by atoms with E-state index in [2.05, 4.69) is 6.58 Å². The van der Waals surface area contributed by atoms with Crippen LogP contribution >= 0.6 is 0 Å². The molecule has 0 aromatic heterocycles. The van der Waals surface area contributed by atoms with Gasteiger partial charge in [0.1, 0.15) is 18.1 Å². The quantitative estimate of drug-likeness (QED) is 0.771. The molecular formula is C13H12O2. The summed E-state index contributed by atoms with van der Waals surface area (Å²) >= 11 is 0. The van der Waals surface area contributed by atoms with Crippen molar-refractivity contribution in [2.24, 2.45) is 0 Å². The summed E-state index contributed by atoms with van der Waals surface area (Å²) in [4.78, 5) is 0. The van der Waals surface area contributed by atoms with Crippen molar-refractivity contribution in [2.45, 2.75) is 0 Å². The van der Waals surface area contributed by atoms with Gasteiger partial charge in [-0.25, -0.2) is 0 Å². The Morgan fingerprint density at radius 3 is 2.93 bits per heavy atom. The van der Waals surface area contributed by atoms with Gasteiger partial charge in [0, 0.05) is 5.39 Å². The number of phenolic OH excluding ortho intramolecular Hbond substituents is 1. The van der Waals surface area contributed by atoms with Crippen LogP contribution < -0.4 is 4.74 Å². The third-order valence-electron chi connectivity index (χ3n) is 2.20. The van der Waals surface area contributed by atoms with Gasteiger partial charge in [-0.1, -0.05) is 24.8 Å². The molecule has 0 aliphatic heterocycles. The van der Waals surface area contributed by atoms with Crippen molar-refractivity contribution in [1.82, 2.24) is 0 Å². The highest BCUT2D eigenvalue weighted by Gasteiger charge is 2.00. The van der Waals surface area contributed by atoms with E-state index in [-0.39, 0.29) is 0 Å². The molecule has 0 atom stereocenters. The van der Waals surface area contributed by atoms with Gasteiger partial charge in [0.05, 0.1) is 0 Å². The van der Waals surface area contributed by atoms with Gasteiger partial charge in [0.2, 0.25) is 0 Å². The topological polar surface area (TPSA) is 29.5 Å². The van der Waals surface area contributed by atoms with Gasteiger partial charge < -0.3 is 9.84 Å². The van der Waals surface area contributed by atoms with Gasteiger partial charge >= 0.3 is 0 Å². The summed E-state index contributed by atoms with van der Waals surface area (Å²) in [6.45, 7) is 4.08. The molecule has 2 aromatic rings. The largest absolute Gasteiger partial charge is 0.507 e. The van der Waals surface area contributed by atoms with E-state index in [1.54, 1.807) is 12.1 Å². The number of hydrogen-bond acceptors (Lipinski definition) is 2. The third kappa shape index (κ3) is 1.94. The van der Waals surface area contributed by atoms with E-state index >= 15 is 0 Å². The van der Waals surface area contributed by atoms with E-state index in [1.807, 2.05) is 30.3 Å².